The molecule has 2 aromatic rings. The molecule has 20 heavy (non-hydrogen) atoms. The smallest absolute Gasteiger partial charge is 0.341 e. The lowest BCUT2D eigenvalue weighted by Gasteiger charge is -2.04. The lowest BCUT2D eigenvalue weighted by molar-refractivity contribution is 0.0684. The van der Waals surface area contributed by atoms with Crippen molar-refractivity contribution in [2.45, 2.75) is 6.43 Å². The molecule has 0 saturated heterocycles. The standard InChI is InChI=1S/C11H5Cl3F2N2O2/c12-5-2-1-4(3-6(5)13)18-9(14)7(11(19)20)8(17-18)10(15)16/h1-3,10H,(H,19,20). The minimum Gasteiger partial charge on any atom is -0.478 e. The van der Waals surface area contributed by atoms with Crippen LogP contribution in [0.1, 0.15) is 22.5 Å². The Labute approximate surface area is 126 Å². The van der Waals surface area contributed by atoms with Crippen LogP contribution in [-0.4, -0.2) is 20.9 Å². The minimum absolute atomic E-state index is 0.159. The Hall–Kier alpha value is -1.37. The summed E-state index contributed by atoms with van der Waals surface area (Å²) in [6.45, 7) is 0. The zero-order valence-electron chi connectivity index (χ0n) is 9.45. The van der Waals surface area contributed by atoms with Gasteiger partial charge in [0.25, 0.3) is 6.43 Å². The summed E-state index contributed by atoms with van der Waals surface area (Å²) in [5.41, 5.74) is -1.43. The van der Waals surface area contributed by atoms with Gasteiger partial charge in [0, 0.05) is 0 Å². The van der Waals surface area contributed by atoms with Crippen molar-refractivity contribution in [1.29, 1.82) is 0 Å². The van der Waals surface area contributed by atoms with E-state index < -0.39 is 28.8 Å². The fraction of sp³-hybridized carbons (Fsp3) is 0.0909. The molecule has 1 aromatic carbocycles. The zero-order valence-corrected chi connectivity index (χ0v) is 11.7. The normalized spacial score (nSPS) is 11.1. The molecular weight excluding hydrogens is 336 g/mol. The van der Waals surface area contributed by atoms with Crippen molar-refractivity contribution >= 4 is 40.8 Å². The summed E-state index contributed by atoms with van der Waals surface area (Å²) < 4.78 is 26.5. The Morgan fingerprint density at radius 3 is 2.35 bits per heavy atom. The minimum atomic E-state index is -3.07. The van der Waals surface area contributed by atoms with Gasteiger partial charge in [-0.2, -0.15) is 5.10 Å². The lowest BCUT2D eigenvalue weighted by Crippen LogP contribution is -2.00. The zero-order chi connectivity index (χ0) is 15.0. The van der Waals surface area contributed by atoms with Gasteiger partial charge >= 0.3 is 5.97 Å². The van der Waals surface area contributed by atoms with E-state index in [0.717, 1.165) is 4.68 Å². The Kier molecular flexibility index (Phi) is 4.17. The molecule has 1 heterocycles. The van der Waals surface area contributed by atoms with Crippen molar-refractivity contribution in [3.8, 4) is 5.69 Å². The van der Waals surface area contributed by atoms with Crippen molar-refractivity contribution in [2.75, 3.05) is 0 Å². The molecule has 4 nitrogen and oxygen atoms in total. The van der Waals surface area contributed by atoms with Gasteiger partial charge in [-0.1, -0.05) is 34.8 Å². The first-order valence-corrected chi connectivity index (χ1v) is 6.21. The first-order valence-electron chi connectivity index (χ1n) is 5.08. The molecule has 9 heteroatoms. The monoisotopic (exact) mass is 340 g/mol. The second kappa shape index (κ2) is 5.55. The van der Waals surface area contributed by atoms with Gasteiger partial charge in [-0.15, -0.1) is 0 Å². The van der Waals surface area contributed by atoms with Crippen molar-refractivity contribution in [3.63, 3.8) is 0 Å². The van der Waals surface area contributed by atoms with Crippen LogP contribution in [0.3, 0.4) is 0 Å². The van der Waals surface area contributed by atoms with E-state index >= 15 is 0 Å². The summed E-state index contributed by atoms with van der Waals surface area (Å²) in [7, 11) is 0. The summed E-state index contributed by atoms with van der Waals surface area (Å²) in [6.07, 6.45) is -3.07. The van der Waals surface area contributed by atoms with E-state index in [1.807, 2.05) is 0 Å². The number of rotatable bonds is 3. The molecule has 106 valence electrons. The average Bonchev–Trinajstić information content (AvgIpc) is 2.71. The van der Waals surface area contributed by atoms with E-state index in [9.17, 15) is 13.6 Å². The van der Waals surface area contributed by atoms with E-state index in [1.165, 1.54) is 18.2 Å². The number of carbonyl (C=O) groups is 1. The van der Waals surface area contributed by atoms with Gasteiger partial charge in [-0.25, -0.2) is 18.3 Å². The molecule has 0 atom stereocenters. The van der Waals surface area contributed by atoms with Gasteiger partial charge in [-0.05, 0) is 18.2 Å². The highest BCUT2D eigenvalue weighted by molar-refractivity contribution is 6.42. The second-order valence-electron chi connectivity index (χ2n) is 3.67. The van der Waals surface area contributed by atoms with Gasteiger partial charge in [0.1, 0.15) is 16.4 Å². The summed E-state index contributed by atoms with van der Waals surface area (Å²) >= 11 is 17.3. The van der Waals surface area contributed by atoms with Crippen molar-refractivity contribution < 1.29 is 18.7 Å². The van der Waals surface area contributed by atoms with Gasteiger partial charge in [0.05, 0.1) is 15.7 Å². The number of benzene rings is 1. The van der Waals surface area contributed by atoms with E-state index in [4.69, 9.17) is 39.9 Å². The Morgan fingerprint density at radius 1 is 1.25 bits per heavy atom. The van der Waals surface area contributed by atoms with E-state index in [0.29, 0.717) is 0 Å². The summed E-state index contributed by atoms with van der Waals surface area (Å²) in [6, 6.07) is 4.18. The number of hydrogen-bond donors (Lipinski definition) is 1. The Morgan fingerprint density at radius 2 is 1.90 bits per heavy atom. The summed E-state index contributed by atoms with van der Waals surface area (Å²) in [5.74, 6) is -1.59. The highest BCUT2D eigenvalue weighted by Crippen LogP contribution is 2.31. The van der Waals surface area contributed by atoms with Gasteiger partial charge in [0.2, 0.25) is 0 Å². The molecule has 0 unspecified atom stereocenters. The van der Waals surface area contributed by atoms with E-state index in [-0.39, 0.29) is 15.7 Å². The maximum Gasteiger partial charge on any atom is 0.341 e. The molecule has 0 aliphatic heterocycles. The van der Waals surface area contributed by atoms with Gasteiger partial charge in [0.15, 0.2) is 0 Å². The third-order valence-electron chi connectivity index (χ3n) is 2.42. The molecule has 0 aliphatic carbocycles. The number of carboxylic acids is 1. The van der Waals surface area contributed by atoms with Crippen LogP contribution in [0.25, 0.3) is 5.69 Å². The number of alkyl halides is 2. The highest BCUT2D eigenvalue weighted by atomic mass is 35.5. The molecule has 1 N–H and O–H groups in total. The third kappa shape index (κ3) is 2.59. The van der Waals surface area contributed by atoms with Crippen molar-refractivity contribution in [3.05, 3.63) is 44.7 Å². The molecule has 0 saturated carbocycles. The van der Waals surface area contributed by atoms with Crippen molar-refractivity contribution in [2.24, 2.45) is 0 Å². The summed E-state index contributed by atoms with van der Waals surface area (Å²) in [5, 5.41) is 12.4. The second-order valence-corrected chi connectivity index (χ2v) is 4.84. The molecular formula is C11H5Cl3F2N2O2. The fourth-order valence-corrected chi connectivity index (χ4v) is 2.16. The van der Waals surface area contributed by atoms with Crippen LogP contribution in [0, 0.1) is 0 Å². The van der Waals surface area contributed by atoms with Gasteiger partial charge < -0.3 is 5.11 Å². The third-order valence-corrected chi connectivity index (χ3v) is 3.51. The van der Waals surface area contributed by atoms with E-state index in [1.54, 1.807) is 0 Å². The predicted molar refractivity (Wildman–Crippen MR) is 70.5 cm³/mol. The molecule has 0 radical (unpaired) electrons. The predicted octanol–water partition coefficient (Wildman–Crippen LogP) is 4.47. The topological polar surface area (TPSA) is 55.1 Å². The van der Waals surface area contributed by atoms with Crippen LogP contribution >= 0.6 is 34.8 Å². The quantitative estimate of drug-likeness (QED) is 0.896. The number of aromatic nitrogens is 2. The number of halogens is 5. The fourth-order valence-electron chi connectivity index (χ4n) is 1.55. The number of nitrogens with zero attached hydrogens (tertiary/aromatic N) is 2. The van der Waals surface area contributed by atoms with Crippen LogP contribution in [0.15, 0.2) is 18.2 Å². The van der Waals surface area contributed by atoms with Crippen LogP contribution in [0.2, 0.25) is 15.2 Å². The lowest BCUT2D eigenvalue weighted by atomic mass is 10.2. The first-order chi connectivity index (χ1) is 9.32. The number of aromatic carboxylic acids is 1. The molecule has 0 amide bonds. The SMILES string of the molecule is O=C(O)c1c(C(F)F)nn(-c2ccc(Cl)c(Cl)c2)c1Cl. The number of hydrogen-bond acceptors (Lipinski definition) is 2. The molecule has 0 spiro atoms. The van der Waals surface area contributed by atoms with Gasteiger partial charge in [-0.3, -0.25) is 0 Å². The Balaban J connectivity index is 2.66. The highest BCUT2D eigenvalue weighted by Gasteiger charge is 2.28. The van der Waals surface area contributed by atoms with Crippen LogP contribution in [0.5, 0.6) is 0 Å². The first kappa shape index (κ1) is 15.0. The van der Waals surface area contributed by atoms with Crippen LogP contribution < -0.4 is 0 Å². The molecule has 2 rings (SSSR count). The summed E-state index contributed by atoms with van der Waals surface area (Å²) in [4.78, 5) is 11.0. The van der Waals surface area contributed by atoms with Crippen molar-refractivity contribution in [1.82, 2.24) is 9.78 Å². The van der Waals surface area contributed by atoms with Crippen LogP contribution in [-0.2, 0) is 0 Å². The molecule has 0 aliphatic rings. The molecule has 1 aromatic heterocycles. The van der Waals surface area contributed by atoms with Crippen LogP contribution in [0.4, 0.5) is 8.78 Å². The maximum atomic E-state index is 12.8. The molecule has 0 fully saturated rings. The average molecular weight is 342 g/mol. The number of carboxylic acid groups (broad SMARTS) is 1. The maximum absolute atomic E-state index is 12.8. The Bertz CT molecular complexity index is 689. The largest absolute Gasteiger partial charge is 0.478 e. The van der Waals surface area contributed by atoms with E-state index in [2.05, 4.69) is 5.10 Å². The molecule has 0 bridgehead atoms.